The molecule has 0 fully saturated rings. The molecule has 1 N–H and O–H groups in total. The van der Waals surface area contributed by atoms with Crippen LogP contribution in [-0.2, 0) is 24.2 Å². The van der Waals surface area contributed by atoms with Crippen molar-refractivity contribution in [2.75, 3.05) is 11.1 Å². The van der Waals surface area contributed by atoms with E-state index < -0.39 is 0 Å². The van der Waals surface area contributed by atoms with Crippen LogP contribution >= 0.6 is 23.4 Å². The van der Waals surface area contributed by atoms with Crippen LogP contribution in [0, 0.1) is 0 Å². The molecule has 0 spiro atoms. The van der Waals surface area contributed by atoms with E-state index in [4.69, 9.17) is 11.6 Å². The van der Waals surface area contributed by atoms with Crippen molar-refractivity contribution in [2.24, 2.45) is 0 Å². The van der Waals surface area contributed by atoms with Gasteiger partial charge < -0.3 is 9.88 Å². The Kier molecular flexibility index (Phi) is 8.84. The number of nitrogens with one attached hydrogen (secondary N) is 1. The Morgan fingerprint density at radius 3 is 2.47 bits per heavy atom. The Balaban J connectivity index is 1.46. The van der Waals surface area contributed by atoms with E-state index in [2.05, 4.69) is 39.1 Å². The molecule has 0 aliphatic carbocycles. The topological polar surface area (TPSA) is 46.9 Å². The summed E-state index contributed by atoms with van der Waals surface area (Å²) in [4.78, 5) is 15.3. The number of benzene rings is 2. The molecule has 1 heterocycles. The van der Waals surface area contributed by atoms with Crippen molar-refractivity contribution in [1.29, 1.82) is 0 Å². The molecule has 4 nitrogen and oxygen atoms in total. The fraction of sp³-hybridized carbons (Fsp3) is 0.333. The van der Waals surface area contributed by atoms with Crippen LogP contribution in [0.2, 0.25) is 5.02 Å². The van der Waals surface area contributed by atoms with Crippen LogP contribution in [0.15, 0.2) is 67.3 Å². The summed E-state index contributed by atoms with van der Waals surface area (Å²) < 4.78 is 2.17. The molecule has 6 heteroatoms. The highest BCUT2D eigenvalue weighted by molar-refractivity contribution is 7.99. The Hall–Kier alpha value is -2.24. The molecule has 158 valence electrons. The second kappa shape index (κ2) is 11.8. The monoisotopic (exact) mass is 441 g/mol. The van der Waals surface area contributed by atoms with Crippen LogP contribution in [-0.4, -0.2) is 26.5 Å². The molecular formula is C24H28ClN3OS. The number of carbonyl (C=O) groups is 1. The first kappa shape index (κ1) is 22.4. The number of anilines is 1. The summed E-state index contributed by atoms with van der Waals surface area (Å²) in [5.74, 6) is 1.08. The number of rotatable bonds is 11. The van der Waals surface area contributed by atoms with E-state index in [1.165, 1.54) is 18.1 Å². The van der Waals surface area contributed by atoms with Crippen molar-refractivity contribution in [3.05, 3.63) is 83.4 Å². The predicted molar refractivity (Wildman–Crippen MR) is 127 cm³/mol. The quantitative estimate of drug-likeness (QED) is 0.379. The van der Waals surface area contributed by atoms with Crippen LogP contribution in [0.25, 0.3) is 0 Å². The Labute approximate surface area is 188 Å². The van der Waals surface area contributed by atoms with Gasteiger partial charge in [-0.2, -0.15) is 11.8 Å². The third-order valence-electron chi connectivity index (χ3n) is 4.88. The summed E-state index contributed by atoms with van der Waals surface area (Å²) in [7, 11) is 0. The predicted octanol–water partition coefficient (Wildman–Crippen LogP) is 5.86. The van der Waals surface area contributed by atoms with Crippen LogP contribution < -0.4 is 5.32 Å². The third kappa shape index (κ3) is 7.88. The summed E-state index contributed by atoms with van der Waals surface area (Å²) >= 11 is 8.04. The third-order valence-corrected chi connectivity index (χ3v) is 6.51. The van der Waals surface area contributed by atoms with Gasteiger partial charge in [0.15, 0.2) is 0 Å². The standard InChI is InChI=1S/C24H28ClN3OS/c1-19(29)27-23-11-6-20(7-12-23)3-2-16-30-24(17-28-15-14-26-18-28)13-8-21-4-9-22(25)10-5-21/h4-7,9-12,14-15,18,24H,2-3,8,13,16-17H2,1H3,(H,27,29). The van der Waals surface area contributed by atoms with Crippen LogP contribution in [0.5, 0.6) is 0 Å². The highest BCUT2D eigenvalue weighted by Gasteiger charge is 2.11. The van der Waals surface area contributed by atoms with Gasteiger partial charge in [0.2, 0.25) is 5.91 Å². The molecule has 3 rings (SSSR count). The van der Waals surface area contributed by atoms with Gasteiger partial charge in [-0.25, -0.2) is 4.98 Å². The van der Waals surface area contributed by atoms with Gasteiger partial charge in [0.1, 0.15) is 0 Å². The van der Waals surface area contributed by atoms with Gasteiger partial charge in [0, 0.05) is 41.8 Å². The van der Waals surface area contributed by atoms with Crippen LogP contribution in [0.3, 0.4) is 0 Å². The number of halogens is 1. The minimum absolute atomic E-state index is 0.0401. The van der Waals surface area contributed by atoms with E-state index in [1.54, 1.807) is 0 Å². The molecule has 0 saturated carbocycles. The molecule has 3 aromatic rings. The van der Waals surface area contributed by atoms with Crippen molar-refractivity contribution < 1.29 is 4.79 Å². The summed E-state index contributed by atoms with van der Waals surface area (Å²) in [6.45, 7) is 2.50. The van der Waals surface area contributed by atoms with Crippen LogP contribution in [0.4, 0.5) is 5.69 Å². The Bertz CT molecular complexity index is 895. The number of hydrogen-bond donors (Lipinski definition) is 1. The average Bonchev–Trinajstić information content (AvgIpc) is 3.24. The van der Waals surface area contributed by atoms with Crippen molar-refractivity contribution >= 4 is 35.0 Å². The lowest BCUT2D eigenvalue weighted by atomic mass is 10.1. The molecule has 2 aromatic carbocycles. The molecule has 1 amide bonds. The number of amides is 1. The molecule has 1 aromatic heterocycles. The maximum absolute atomic E-state index is 11.1. The highest BCUT2D eigenvalue weighted by Crippen LogP contribution is 2.22. The lowest BCUT2D eigenvalue weighted by molar-refractivity contribution is -0.114. The fourth-order valence-corrected chi connectivity index (χ4v) is 4.65. The largest absolute Gasteiger partial charge is 0.336 e. The van der Waals surface area contributed by atoms with Crippen LogP contribution in [0.1, 0.15) is 30.9 Å². The second-order valence-electron chi connectivity index (χ2n) is 7.40. The zero-order chi connectivity index (χ0) is 21.2. The SMILES string of the molecule is CC(=O)Nc1ccc(CCCSC(CCc2ccc(Cl)cc2)Cn2ccnc2)cc1. The first-order valence-corrected chi connectivity index (χ1v) is 11.7. The van der Waals surface area contributed by atoms with E-state index in [0.29, 0.717) is 5.25 Å². The molecule has 0 radical (unpaired) electrons. The minimum atomic E-state index is -0.0401. The molecule has 30 heavy (non-hydrogen) atoms. The van der Waals surface area contributed by atoms with E-state index in [9.17, 15) is 4.79 Å². The minimum Gasteiger partial charge on any atom is -0.336 e. The maximum Gasteiger partial charge on any atom is 0.221 e. The van der Waals surface area contributed by atoms with Gasteiger partial charge >= 0.3 is 0 Å². The smallest absolute Gasteiger partial charge is 0.221 e. The first-order valence-electron chi connectivity index (χ1n) is 10.3. The number of nitrogens with zero attached hydrogens (tertiary/aromatic N) is 2. The van der Waals surface area contributed by atoms with E-state index in [-0.39, 0.29) is 5.91 Å². The van der Waals surface area contributed by atoms with E-state index in [1.807, 2.05) is 54.7 Å². The van der Waals surface area contributed by atoms with Crippen molar-refractivity contribution in [3.8, 4) is 0 Å². The lowest BCUT2D eigenvalue weighted by Crippen LogP contribution is -2.14. The summed E-state index contributed by atoms with van der Waals surface area (Å²) in [5, 5.41) is 4.13. The zero-order valence-electron chi connectivity index (χ0n) is 17.3. The fourth-order valence-electron chi connectivity index (χ4n) is 3.32. The highest BCUT2D eigenvalue weighted by atomic mass is 35.5. The van der Waals surface area contributed by atoms with Crippen molar-refractivity contribution in [1.82, 2.24) is 9.55 Å². The van der Waals surface area contributed by atoms with E-state index in [0.717, 1.165) is 48.7 Å². The van der Waals surface area contributed by atoms with Gasteiger partial charge in [0.05, 0.1) is 6.33 Å². The molecule has 1 atom stereocenters. The van der Waals surface area contributed by atoms with Gasteiger partial charge in [-0.1, -0.05) is 35.9 Å². The van der Waals surface area contributed by atoms with E-state index >= 15 is 0 Å². The zero-order valence-corrected chi connectivity index (χ0v) is 18.8. The summed E-state index contributed by atoms with van der Waals surface area (Å²) in [6.07, 6.45) is 10.1. The lowest BCUT2D eigenvalue weighted by Gasteiger charge is -2.17. The normalized spacial score (nSPS) is 11.9. The number of carbonyl (C=O) groups excluding carboxylic acids is 1. The Morgan fingerprint density at radius 2 is 1.80 bits per heavy atom. The molecular weight excluding hydrogens is 414 g/mol. The maximum atomic E-state index is 11.1. The molecule has 0 saturated heterocycles. The Morgan fingerprint density at radius 1 is 1.10 bits per heavy atom. The molecule has 0 aliphatic rings. The average molecular weight is 442 g/mol. The molecule has 0 bridgehead atoms. The van der Waals surface area contributed by atoms with Crippen molar-refractivity contribution in [2.45, 2.75) is 44.4 Å². The summed E-state index contributed by atoms with van der Waals surface area (Å²) in [6, 6.07) is 16.3. The summed E-state index contributed by atoms with van der Waals surface area (Å²) in [5.41, 5.74) is 3.48. The number of aryl methyl sites for hydroxylation is 2. The number of aromatic nitrogens is 2. The van der Waals surface area contributed by atoms with Gasteiger partial charge in [-0.15, -0.1) is 0 Å². The second-order valence-corrected chi connectivity index (χ2v) is 9.24. The molecule has 0 aliphatic heterocycles. The van der Waals surface area contributed by atoms with Gasteiger partial charge in [-0.05, 0) is 66.8 Å². The van der Waals surface area contributed by atoms with Gasteiger partial charge in [0.25, 0.3) is 0 Å². The van der Waals surface area contributed by atoms with Gasteiger partial charge in [-0.3, -0.25) is 4.79 Å². The number of thioether (sulfide) groups is 1. The molecule has 1 unspecified atom stereocenters. The first-order chi connectivity index (χ1) is 14.6. The number of hydrogen-bond acceptors (Lipinski definition) is 3. The number of imidazole rings is 1. The van der Waals surface area contributed by atoms with Crippen molar-refractivity contribution in [3.63, 3.8) is 0 Å².